The Balaban J connectivity index is 2.16. The molecule has 0 amide bonds. The topological polar surface area (TPSA) is 121 Å². The lowest BCUT2D eigenvalue weighted by molar-refractivity contribution is -0.0509. The molecule has 4 atom stereocenters. The Morgan fingerprint density at radius 2 is 2.18 bits per heavy atom. The van der Waals surface area contributed by atoms with E-state index < -0.39 is 31.1 Å². The molecule has 1 fully saturated rings. The molecule has 1 aliphatic rings. The van der Waals surface area contributed by atoms with Gasteiger partial charge in [0.05, 0.1) is 12.0 Å². The number of aliphatic hydroxyl groups is 3. The minimum atomic E-state index is -1.22. The van der Waals surface area contributed by atoms with Crippen molar-refractivity contribution >= 4 is 22.8 Å². The second-order valence-electron chi connectivity index (χ2n) is 5.22. The molecule has 0 spiro atoms. The van der Waals surface area contributed by atoms with Gasteiger partial charge in [-0.05, 0) is 18.7 Å². The van der Waals surface area contributed by atoms with E-state index in [1.54, 1.807) is 19.4 Å². The average Bonchev–Trinajstić information content (AvgIpc) is 2.98. The molecule has 120 valence electrons. The maximum atomic E-state index is 12.2. The van der Waals surface area contributed by atoms with Gasteiger partial charge in [0.25, 0.3) is 5.56 Å². The monoisotopic (exact) mass is 327 g/mol. The Kier molecular flexibility index (Phi) is 4.00. The number of H-pyrrole nitrogens is 1. The van der Waals surface area contributed by atoms with Gasteiger partial charge in [0.15, 0.2) is 17.0 Å². The van der Waals surface area contributed by atoms with Crippen LogP contribution in [-0.4, -0.2) is 61.0 Å². The summed E-state index contributed by atoms with van der Waals surface area (Å²) in [4.78, 5) is 19.2. The van der Waals surface area contributed by atoms with E-state index in [4.69, 9.17) is 4.74 Å². The van der Waals surface area contributed by atoms with Gasteiger partial charge in [-0.15, -0.1) is 0 Å². The molecule has 1 aliphatic heterocycles. The predicted octanol–water partition coefficient (Wildman–Crippen LogP) is -0.634. The third-order valence-corrected chi connectivity index (χ3v) is 4.41. The van der Waals surface area contributed by atoms with E-state index in [0.717, 1.165) is 0 Å². The lowest BCUT2D eigenvalue weighted by atomic mass is 10.1. The van der Waals surface area contributed by atoms with Crippen molar-refractivity contribution in [2.75, 3.05) is 12.9 Å². The van der Waals surface area contributed by atoms with Crippen LogP contribution >= 0.6 is 11.8 Å². The molecule has 22 heavy (non-hydrogen) atoms. The van der Waals surface area contributed by atoms with Crippen LogP contribution in [0.3, 0.4) is 0 Å². The molecule has 8 nitrogen and oxygen atoms in total. The highest BCUT2D eigenvalue weighted by Crippen LogP contribution is 2.32. The molecule has 3 rings (SSSR count). The van der Waals surface area contributed by atoms with Crippen LogP contribution in [-0.2, 0) is 4.74 Å². The number of nitrogens with one attached hydrogen (secondary N) is 1. The average molecular weight is 327 g/mol. The van der Waals surface area contributed by atoms with E-state index in [9.17, 15) is 20.1 Å². The van der Waals surface area contributed by atoms with Crippen LogP contribution in [0.1, 0.15) is 11.8 Å². The number of hydrogen-bond acceptors (Lipinski definition) is 7. The lowest BCUT2D eigenvalue weighted by Crippen LogP contribution is -2.33. The van der Waals surface area contributed by atoms with Crippen LogP contribution in [0, 0.1) is 6.92 Å². The van der Waals surface area contributed by atoms with Crippen LogP contribution in [0.4, 0.5) is 0 Å². The summed E-state index contributed by atoms with van der Waals surface area (Å²) in [5.74, 6) is 0. The zero-order valence-corrected chi connectivity index (χ0v) is 12.9. The molecule has 2 aromatic rings. The van der Waals surface area contributed by atoms with Gasteiger partial charge in [-0.3, -0.25) is 4.79 Å². The number of rotatable bonds is 3. The molecule has 0 radical (unpaired) electrons. The minimum absolute atomic E-state index is 0.266. The minimum Gasteiger partial charge on any atom is -0.394 e. The van der Waals surface area contributed by atoms with Crippen LogP contribution in [0.25, 0.3) is 11.0 Å². The highest BCUT2D eigenvalue weighted by Gasteiger charge is 2.44. The van der Waals surface area contributed by atoms with Crippen molar-refractivity contribution in [1.29, 1.82) is 0 Å². The van der Waals surface area contributed by atoms with Gasteiger partial charge in [0.1, 0.15) is 18.3 Å². The number of aromatic amines is 1. The van der Waals surface area contributed by atoms with Crippen molar-refractivity contribution in [3.63, 3.8) is 0 Å². The summed E-state index contributed by atoms with van der Waals surface area (Å²) in [7, 11) is 0. The molecule has 2 unspecified atom stereocenters. The first-order valence-electron chi connectivity index (χ1n) is 6.75. The van der Waals surface area contributed by atoms with Gasteiger partial charge in [-0.25, -0.2) is 4.98 Å². The Labute approximate surface area is 129 Å². The summed E-state index contributed by atoms with van der Waals surface area (Å²) in [6.45, 7) is 1.35. The van der Waals surface area contributed by atoms with Gasteiger partial charge in [0.2, 0.25) is 0 Å². The summed E-state index contributed by atoms with van der Waals surface area (Å²) >= 11 is 1.29. The quantitative estimate of drug-likeness (QED) is 0.437. The summed E-state index contributed by atoms with van der Waals surface area (Å²) in [5.41, 5.74) is 0.798. The highest BCUT2D eigenvalue weighted by atomic mass is 32.2. The van der Waals surface area contributed by atoms with Gasteiger partial charge in [0, 0.05) is 6.20 Å². The number of aryl methyl sites for hydroxylation is 1. The molecule has 0 aromatic carbocycles. The fourth-order valence-corrected chi connectivity index (χ4v) is 3.09. The molecule has 0 aliphatic carbocycles. The van der Waals surface area contributed by atoms with Gasteiger partial charge < -0.3 is 29.6 Å². The fraction of sp³-hybridized carbons (Fsp3) is 0.538. The van der Waals surface area contributed by atoms with Crippen molar-refractivity contribution in [1.82, 2.24) is 14.5 Å². The number of nitrogens with zero attached hydrogens (tertiary/aromatic N) is 2. The Morgan fingerprint density at radius 1 is 1.45 bits per heavy atom. The molecule has 0 bridgehead atoms. The number of hydrogen-bond donors (Lipinski definition) is 4. The number of thioether (sulfide) groups is 1. The largest absolute Gasteiger partial charge is 0.394 e. The van der Waals surface area contributed by atoms with Gasteiger partial charge >= 0.3 is 0 Å². The van der Waals surface area contributed by atoms with E-state index in [0.29, 0.717) is 21.8 Å². The standard InChI is InChI=1S/C13H17N3O5S/c1-5-3-16(12-9(19)8(18)6(4-17)21-12)10-7(5)11(20)15-13(14-10)22-2/h3,6,8-9,12,17-19H,4H2,1-2H3,(H,14,15,20)/t6-,8?,9?,12-/m1/s1. The van der Waals surface area contributed by atoms with Crippen molar-refractivity contribution < 1.29 is 20.1 Å². The first-order chi connectivity index (χ1) is 10.5. The fourth-order valence-electron chi connectivity index (χ4n) is 2.72. The Morgan fingerprint density at radius 3 is 2.77 bits per heavy atom. The van der Waals surface area contributed by atoms with Crippen LogP contribution in [0.15, 0.2) is 16.1 Å². The summed E-state index contributed by atoms with van der Waals surface area (Å²) < 4.78 is 7.04. The Hall–Kier alpha value is -1.39. The van der Waals surface area contributed by atoms with E-state index in [1.807, 2.05) is 0 Å². The zero-order valence-electron chi connectivity index (χ0n) is 12.1. The first kappa shape index (κ1) is 15.5. The molecule has 3 heterocycles. The Bertz CT molecular complexity index is 758. The summed E-state index contributed by atoms with van der Waals surface area (Å²) in [5, 5.41) is 30.1. The van der Waals surface area contributed by atoms with Crippen molar-refractivity contribution in [2.45, 2.75) is 36.6 Å². The number of aromatic nitrogens is 3. The third kappa shape index (κ3) is 2.25. The van der Waals surface area contributed by atoms with E-state index in [2.05, 4.69) is 9.97 Å². The number of ether oxygens (including phenoxy) is 1. The summed E-state index contributed by atoms with van der Waals surface area (Å²) in [6.07, 6.45) is -0.762. The maximum absolute atomic E-state index is 12.2. The molecular weight excluding hydrogens is 310 g/mol. The highest BCUT2D eigenvalue weighted by molar-refractivity contribution is 7.98. The third-order valence-electron chi connectivity index (χ3n) is 3.83. The van der Waals surface area contributed by atoms with Crippen LogP contribution in [0.2, 0.25) is 0 Å². The van der Waals surface area contributed by atoms with Crippen LogP contribution in [0.5, 0.6) is 0 Å². The number of aliphatic hydroxyl groups excluding tert-OH is 3. The molecule has 4 N–H and O–H groups in total. The number of fused-ring (bicyclic) bond motifs is 1. The van der Waals surface area contributed by atoms with E-state index >= 15 is 0 Å². The van der Waals surface area contributed by atoms with E-state index in [-0.39, 0.29) is 5.56 Å². The molecule has 2 aromatic heterocycles. The zero-order chi connectivity index (χ0) is 16.0. The van der Waals surface area contributed by atoms with Gasteiger partial charge in [-0.1, -0.05) is 11.8 Å². The van der Waals surface area contributed by atoms with E-state index in [1.165, 1.54) is 16.3 Å². The van der Waals surface area contributed by atoms with Crippen molar-refractivity contribution in [3.05, 3.63) is 22.1 Å². The van der Waals surface area contributed by atoms with Crippen molar-refractivity contribution in [3.8, 4) is 0 Å². The SMILES string of the molecule is CSc1nc2c(c(C)cn2[C@@H]2O[C@H](CO)C(O)C2O)c(=O)[nH]1. The molecule has 9 heteroatoms. The normalized spacial score (nSPS) is 28.6. The second kappa shape index (κ2) is 5.67. The first-order valence-corrected chi connectivity index (χ1v) is 7.98. The molecular formula is C13H17N3O5S. The lowest BCUT2D eigenvalue weighted by Gasteiger charge is -2.17. The second-order valence-corrected chi connectivity index (χ2v) is 6.02. The smallest absolute Gasteiger partial charge is 0.261 e. The van der Waals surface area contributed by atoms with Crippen molar-refractivity contribution in [2.24, 2.45) is 0 Å². The molecule has 0 saturated carbocycles. The maximum Gasteiger partial charge on any atom is 0.261 e. The van der Waals surface area contributed by atoms with Gasteiger partial charge in [-0.2, -0.15) is 0 Å². The van der Waals surface area contributed by atoms with Crippen LogP contribution < -0.4 is 5.56 Å². The summed E-state index contributed by atoms with van der Waals surface area (Å²) in [6, 6.07) is 0. The molecule has 1 saturated heterocycles. The predicted molar refractivity (Wildman–Crippen MR) is 79.9 cm³/mol.